The maximum absolute atomic E-state index is 4.92. The second-order valence-electron chi connectivity index (χ2n) is 10.2. The molecule has 0 aliphatic rings. The summed E-state index contributed by atoms with van der Waals surface area (Å²) >= 11 is 0. The molecule has 8 aromatic rings. The van der Waals surface area contributed by atoms with Crippen LogP contribution >= 0.6 is 0 Å². The van der Waals surface area contributed by atoms with Gasteiger partial charge in [0.25, 0.3) is 0 Å². The molecule has 0 saturated carbocycles. The second-order valence-corrected chi connectivity index (χ2v) is 10.2. The van der Waals surface area contributed by atoms with Gasteiger partial charge in [-0.3, -0.25) is 4.98 Å². The average Bonchev–Trinajstić information content (AvgIpc) is 3.63. The summed E-state index contributed by atoms with van der Waals surface area (Å²) in [6.45, 7) is 2.11. The van der Waals surface area contributed by atoms with Gasteiger partial charge >= 0.3 is 0 Å². The Morgan fingerprint density at radius 2 is 1.50 bits per heavy atom. The Kier molecular flexibility index (Phi) is 5.00. The molecule has 0 aliphatic heterocycles. The summed E-state index contributed by atoms with van der Waals surface area (Å²) in [5, 5.41) is 3.46. The maximum atomic E-state index is 4.92. The third-order valence-corrected chi connectivity index (χ3v) is 7.73. The van der Waals surface area contributed by atoms with Crippen molar-refractivity contribution in [3.8, 4) is 22.4 Å². The molecule has 0 spiro atoms. The number of para-hydroxylation sites is 3. The highest BCUT2D eigenvalue weighted by Crippen LogP contribution is 2.33. The number of rotatable bonds is 4. The molecule has 2 N–H and O–H groups in total. The van der Waals surface area contributed by atoms with Crippen molar-refractivity contribution < 1.29 is 0 Å². The zero-order valence-corrected chi connectivity index (χ0v) is 21.8. The molecule has 8 rings (SSSR count). The SMILES string of the molecule is Cc1cccc2c(-c3ccc4nc(Cc5cccc6c(-c7cnc8ccccc8c7)c[nH]c56)cnc4n3)c[nH]c12. The first-order valence-electron chi connectivity index (χ1n) is 13.4. The van der Waals surface area contributed by atoms with Crippen LogP contribution in [0.2, 0.25) is 0 Å². The molecule has 5 heterocycles. The number of pyridine rings is 2. The van der Waals surface area contributed by atoms with Crippen molar-refractivity contribution in [1.29, 1.82) is 0 Å². The molecular formula is C34H24N6. The molecule has 0 fully saturated rings. The number of hydrogen-bond acceptors (Lipinski definition) is 4. The van der Waals surface area contributed by atoms with Crippen molar-refractivity contribution >= 4 is 43.9 Å². The first-order valence-corrected chi connectivity index (χ1v) is 13.4. The van der Waals surface area contributed by atoms with Crippen molar-refractivity contribution in [2.75, 3.05) is 0 Å². The van der Waals surface area contributed by atoms with Crippen LogP contribution in [-0.4, -0.2) is 29.9 Å². The Balaban J connectivity index is 1.13. The van der Waals surface area contributed by atoms with Gasteiger partial charge in [-0.25, -0.2) is 15.0 Å². The van der Waals surface area contributed by atoms with Crippen LogP contribution in [0, 0.1) is 6.92 Å². The molecule has 0 aliphatic carbocycles. The topological polar surface area (TPSA) is 83.1 Å². The molecule has 3 aromatic carbocycles. The monoisotopic (exact) mass is 516 g/mol. The lowest BCUT2D eigenvalue weighted by molar-refractivity contribution is 1.06. The fourth-order valence-corrected chi connectivity index (χ4v) is 5.71. The fraction of sp³-hybridized carbons (Fsp3) is 0.0588. The van der Waals surface area contributed by atoms with Crippen LogP contribution in [-0.2, 0) is 6.42 Å². The minimum atomic E-state index is 0.646. The third kappa shape index (κ3) is 3.65. The third-order valence-electron chi connectivity index (χ3n) is 7.73. The number of aromatic nitrogens is 6. The van der Waals surface area contributed by atoms with Gasteiger partial charge in [0.05, 0.1) is 23.1 Å². The Bertz CT molecular complexity index is 2220. The van der Waals surface area contributed by atoms with Crippen LogP contribution in [0.25, 0.3) is 66.3 Å². The van der Waals surface area contributed by atoms with E-state index in [0.717, 1.165) is 60.9 Å². The van der Waals surface area contributed by atoms with E-state index in [4.69, 9.17) is 15.0 Å². The Morgan fingerprint density at radius 1 is 0.675 bits per heavy atom. The van der Waals surface area contributed by atoms with E-state index in [1.165, 1.54) is 16.5 Å². The van der Waals surface area contributed by atoms with Crippen LogP contribution in [0.1, 0.15) is 16.8 Å². The minimum absolute atomic E-state index is 0.646. The van der Waals surface area contributed by atoms with Crippen molar-refractivity contribution in [1.82, 2.24) is 29.9 Å². The average molecular weight is 517 g/mol. The van der Waals surface area contributed by atoms with E-state index in [0.29, 0.717) is 12.1 Å². The first kappa shape index (κ1) is 22.6. The molecule has 0 amide bonds. The van der Waals surface area contributed by atoms with E-state index >= 15 is 0 Å². The molecule has 40 heavy (non-hydrogen) atoms. The highest BCUT2D eigenvalue weighted by Gasteiger charge is 2.13. The van der Waals surface area contributed by atoms with Crippen molar-refractivity contribution in [3.05, 3.63) is 120 Å². The van der Waals surface area contributed by atoms with E-state index < -0.39 is 0 Å². The zero-order valence-electron chi connectivity index (χ0n) is 21.8. The molecule has 0 saturated heterocycles. The van der Waals surface area contributed by atoms with E-state index in [-0.39, 0.29) is 0 Å². The van der Waals surface area contributed by atoms with Gasteiger partial charge < -0.3 is 9.97 Å². The molecule has 190 valence electrons. The first-order chi connectivity index (χ1) is 19.7. The Labute approximate surface area is 229 Å². The Hall–Kier alpha value is -5.36. The number of aryl methyl sites for hydroxylation is 1. The summed E-state index contributed by atoms with van der Waals surface area (Å²) in [7, 11) is 0. The van der Waals surface area contributed by atoms with Gasteiger partial charge in [-0.05, 0) is 42.3 Å². The molecule has 0 bridgehead atoms. The van der Waals surface area contributed by atoms with Crippen LogP contribution in [0.15, 0.2) is 104 Å². The number of H-pyrrole nitrogens is 2. The van der Waals surface area contributed by atoms with Crippen molar-refractivity contribution in [2.24, 2.45) is 0 Å². The summed E-state index contributed by atoms with van der Waals surface area (Å²) in [6.07, 6.45) is 8.55. The van der Waals surface area contributed by atoms with Gasteiger partial charge in [0.2, 0.25) is 0 Å². The summed E-state index contributed by atoms with van der Waals surface area (Å²) in [4.78, 5) is 26.0. The summed E-state index contributed by atoms with van der Waals surface area (Å²) in [5.41, 5.74) is 12.2. The van der Waals surface area contributed by atoms with Gasteiger partial charge in [-0.15, -0.1) is 0 Å². The number of nitrogens with zero attached hydrogens (tertiary/aromatic N) is 4. The Morgan fingerprint density at radius 3 is 2.45 bits per heavy atom. The van der Waals surface area contributed by atoms with Gasteiger partial charge in [0.1, 0.15) is 5.52 Å². The molecule has 6 heteroatoms. The predicted molar refractivity (Wildman–Crippen MR) is 161 cm³/mol. The van der Waals surface area contributed by atoms with Crippen molar-refractivity contribution in [2.45, 2.75) is 13.3 Å². The molecule has 0 atom stereocenters. The van der Waals surface area contributed by atoms with Crippen LogP contribution in [0.4, 0.5) is 0 Å². The van der Waals surface area contributed by atoms with E-state index in [9.17, 15) is 0 Å². The van der Waals surface area contributed by atoms with Crippen molar-refractivity contribution in [3.63, 3.8) is 0 Å². The standard InChI is InChI=1S/C34H24N6/c1-20-6-4-9-26-28(19-36-32(20)26)30-12-13-31-34(40-30)38-17-24(39-31)15-22-8-5-10-25-27(18-37-33(22)25)23-14-21-7-2-3-11-29(21)35-16-23/h2-14,16-19,36-37H,15H2,1H3. The summed E-state index contributed by atoms with van der Waals surface area (Å²) in [6, 6.07) is 27.2. The van der Waals surface area contributed by atoms with Crippen LogP contribution in [0.3, 0.4) is 0 Å². The number of hydrogen-bond donors (Lipinski definition) is 2. The number of benzene rings is 3. The molecule has 5 aromatic heterocycles. The van der Waals surface area contributed by atoms with Gasteiger partial charge in [-0.1, -0.05) is 54.6 Å². The lowest BCUT2D eigenvalue weighted by Crippen LogP contribution is -1.97. The fourth-order valence-electron chi connectivity index (χ4n) is 5.71. The number of aromatic amines is 2. The summed E-state index contributed by atoms with van der Waals surface area (Å²) in [5.74, 6) is 0. The lowest BCUT2D eigenvalue weighted by atomic mass is 10.0. The molecular weight excluding hydrogens is 492 g/mol. The van der Waals surface area contributed by atoms with Gasteiger partial charge in [0.15, 0.2) is 5.65 Å². The number of fused-ring (bicyclic) bond motifs is 4. The van der Waals surface area contributed by atoms with Crippen LogP contribution in [0.5, 0.6) is 0 Å². The smallest absolute Gasteiger partial charge is 0.178 e. The normalized spacial score (nSPS) is 11.7. The number of nitrogens with one attached hydrogen (secondary N) is 2. The maximum Gasteiger partial charge on any atom is 0.178 e. The van der Waals surface area contributed by atoms with Gasteiger partial charge in [0, 0.05) is 68.9 Å². The largest absolute Gasteiger partial charge is 0.360 e. The van der Waals surface area contributed by atoms with Gasteiger partial charge in [-0.2, -0.15) is 0 Å². The predicted octanol–water partition coefficient (Wildman–Crippen LogP) is 7.77. The highest BCUT2D eigenvalue weighted by molar-refractivity contribution is 5.99. The molecule has 6 nitrogen and oxygen atoms in total. The summed E-state index contributed by atoms with van der Waals surface area (Å²) < 4.78 is 0. The molecule has 0 radical (unpaired) electrons. The highest BCUT2D eigenvalue weighted by atomic mass is 14.9. The minimum Gasteiger partial charge on any atom is -0.360 e. The lowest BCUT2D eigenvalue weighted by Gasteiger charge is -2.07. The zero-order chi connectivity index (χ0) is 26.6. The molecule has 0 unspecified atom stereocenters. The second kappa shape index (κ2) is 8.85. The van der Waals surface area contributed by atoms with E-state index in [1.807, 2.05) is 48.9 Å². The van der Waals surface area contributed by atoms with E-state index in [1.54, 1.807) is 0 Å². The van der Waals surface area contributed by atoms with Crippen LogP contribution < -0.4 is 0 Å². The quantitative estimate of drug-likeness (QED) is 0.250. The van der Waals surface area contributed by atoms with E-state index in [2.05, 4.69) is 76.6 Å².